The van der Waals surface area contributed by atoms with Gasteiger partial charge >= 0.3 is 0 Å². The number of rotatable bonds is 5. The molecule has 0 aromatic carbocycles. The minimum absolute atomic E-state index is 0.0349. The molecule has 0 aliphatic heterocycles. The summed E-state index contributed by atoms with van der Waals surface area (Å²) in [6, 6.07) is 2.08. The third-order valence-electron chi connectivity index (χ3n) is 2.77. The lowest BCUT2D eigenvalue weighted by molar-refractivity contribution is 0.0692. The molecule has 0 saturated carbocycles. The molecule has 0 aliphatic carbocycles. The first-order valence-electron chi connectivity index (χ1n) is 6.86. The van der Waals surface area contributed by atoms with Crippen molar-refractivity contribution in [1.29, 1.82) is 5.26 Å². The molecule has 0 bridgehead atoms. The quantitative estimate of drug-likeness (QED) is 0.828. The Balaban J connectivity index is 2.98. The first kappa shape index (κ1) is 16.2. The van der Waals surface area contributed by atoms with Crippen LogP contribution in [-0.2, 0) is 0 Å². The van der Waals surface area contributed by atoms with E-state index in [1.165, 1.54) is 6.39 Å². The molecule has 0 saturated heterocycles. The number of nitrogens with zero attached hydrogens (tertiary/aromatic N) is 3. The highest BCUT2D eigenvalue weighted by Gasteiger charge is 2.27. The smallest absolute Gasteiger partial charge is 0.276 e. The molecule has 0 aliphatic rings. The Bertz CT molecular complexity index is 492. The van der Waals surface area contributed by atoms with E-state index in [-0.39, 0.29) is 17.2 Å². The molecular formula is C15H23N3O2. The van der Waals surface area contributed by atoms with Gasteiger partial charge in [-0.3, -0.25) is 4.79 Å². The van der Waals surface area contributed by atoms with Gasteiger partial charge in [0.15, 0.2) is 12.1 Å². The zero-order valence-electron chi connectivity index (χ0n) is 12.9. The third kappa shape index (κ3) is 4.37. The summed E-state index contributed by atoms with van der Waals surface area (Å²) < 4.78 is 5.31. The summed E-state index contributed by atoms with van der Waals surface area (Å²) in [7, 11) is 0. The molecule has 0 radical (unpaired) electrons. The second kappa shape index (κ2) is 6.56. The van der Waals surface area contributed by atoms with Crippen LogP contribution in [0.15, 0.2) is 10.8 Å². The van der Waals surface area contributed by atoms with E-state index in [0.29, 0.717) is 31.0 Å². The van der Waals surface area contributed by atoms with Gasteiger partial charge in [-0.25, -0.2) is 4.98 Å². The molecule has 0 spiro atoms. The van der Waals surface area contributed by atoms with Crippen LogP contribution in [0, 0.1) is 16.7 Å². The lowest BCUT2D eigenvalue weighted by atomic mass is 9.95. The SMILES string of the molecule is CC(C)c1ocnc1C(=O)N(CCC#N)CC(C)(C)C. The van der Waals surface area contributed by atoms with E-state index in [0.717, 1.165) is 0 Å². The largest absolute Gasteiger partial charge is 0.447 e. The number of aromatic nitrogens is 1. The summed E-state index contributed by atoms with van der Waals surface area (Å²) >= 11 is 0. The van der Waals surface area contributed by atoms with E-state index in [9.17, 15) is 4.79 Å². The summed E-state index contributed by atoms with van der Waals surface area (Å²) in [5.74, 6) is 0.544. The van der Waals surface area contributed by atoms with Crippen molar-refractivity contribution in [2.45, 2.75) is 47.0 Å². The van der Waals surface area contributed by atoms with Crippen LogP contribution in [-0.4, -0.2) is 28.9 Å². The average Bonchev–Trinajstić information content (AvgIpc) is 2.81. The van der Waals surface area contributed by atoms with Gasteiger partial charge in [-0.05, 0) is 5.41 Å². The molecule has 1 heterocycles. The number of oxazole rings is 1. The van der Waals surface area contributed by atoms with Crippen LogP contribution in [0.4, 0.5) is 0 Å². The molecule has 5 nitrogen and oxygen atoms in total. The highest BCUT2D eigenvalue weighted by atomic mass is 16.3. The zero-order valence-corrected chi connectivity index (χ0v) is 12.9. The van der Waals surface area contributed by atoms with Crippen LogP contribution in [0.5, 0.6) is 0 Å². The maximum absolute atomic E-state index is 12.6. The first-order chi connectivity index (χ1) is 9.26. The van der Waals surface area contributed by atoms with Gasteiger partial charge in [0, 0.05) is 19.0 Å². The van der Waals surface area contributed by atoms with Crippen molar-refractivity contribution in [2.75, 3.05) is 13.1 Å². The predicted molar refractivity (Wildman–Crippen MR) is 76.2 cm³/mol. The van der Waals surface area contributed by atoms with Crippen molar-refractivity contribution in [1.82, 2.24) is 9.88 Å². The molecule has 0 fully saturated rings. The summed E-state index contributed by atoms with van der Waals surface area (Å²) in [5, 5.41) is 8.75. The fourth-order valence-corrected chi connectivity index (χ4v) is 1.99. The number of nitriles is 1. The highest BCUT2D eigenvalue weighted by Crippen LogP contribution is 2.22. The highest BCUT2D eigenvalue weighted by molar-refractivity contribution is 5.93. The number of carbonyl (C=O) groups excluding carboxylic acids is 1. The minimum atomic E-state index is -0.160. The van der Waals surface area contributed by atoms with Gasteiger partial charge in [-0.15, -0.1) is 0 Å². The first-order valence-corrected chi connectivity index (χ1v) is 6.86. The van der Waals surface area contributed by atoms with Crippen molar-refractivity contribution in [3.8, 4) is 6.07 Å². The van der Waals surface area contributed by atoms with E-state index in [1.54, 1.807) is 4.90 Å². The Kier molecular flexibility index (Phi) is 5.32. The fraction of sp³-hybridized carbons (Fsp3) is 0.667. The summed E-state index contributed by atoms with van der Waals surface area (Å²) in [6.45, 7) is 11.1. The number of amides is 1. The van der Waals surface area contributed by atoms with Crippen molar-refractivity contribution >= 4 is 5.91 Å². The van der Waals surface area contributed by atoms with Gasteiger partial charge in [0.2, 0.25) is 0 Å². The second-order valence-corrected chi connectivity index (χ2v) is 6.42. The number of carbonyl (C=O) groups is 1. The van der Waals surface area contributed by atoms with Gasteiger partial charge in [0.25, 0.3) is 5.91 Å². The van der Waals surface area contributed by atoms with Crippen LogP contribution in [0.3, 0.4) is 0 Å². The molecule has 1 aromatic heterocycles. The number of hydrogen-bond donors (Lipinski definition) is 0. The molecule has 0 N–H and O–H groups in total. The Morgan fingerprint density at radius 1 is 1.50 bits per heavy atom. The van der Waals surface area contributed by atoms with Gasteiger partial charge in [0.05, 0.1) is 12.5 Å². The summed E-state index contributed by atoms with van der Waals surface area (Å²) in [5.41, 5.74) is 0.328. The average molecular weight is 277 g/mol. The van der Waals surface area contributed by atoms with Gasteiger partial charge in [-0.2, -0.15) is 5.26 Å². The van der Waals surface area contributed by atoms with Crippen LogP contribution >= 0.6 is 0 Å². The molecule has 110 valence electrons. The van der Waals surface area contributed by atoms with Crippen LogP contribution in [0.25, 0.3) is 0 Å². The van der Waals surface area contributed by atoms with E-state index >= 15 is 0 Å². The Morgan fingerprint density at radius 3 is 2.65 bits per heavy atom. The topological polar surface area (TPSA) is 70.1 Å². The van der Waals surface area contributed by atoms with E-state index < -0.39 is 0 Å². The molecular weight excluding hydrogens is 254 g/mol. The Morgan fingerprint density at radius 2 is 2.15 bits per heavy atom. The van der Waals surface area contributed by atoms with Gasteiger partial charge < -0.3 is 9.32 Å². The maximum Gasteiger partial charge on any atom is 0.276 e. The maximum atomic E-state index is 12.6. The van der Waals surface area contributed by atoms with Gasteiger partial charge in [0.1, 0.15) is 5.76 Å². The standard InChI is InChI=1S/C15H23N3O2/c1-11(2)13-12(17-10-20-13)14(19)18(8-6-7-16)9-15(3,4)5/h10-11H,6,8-9H2,1-5H3. The predicted octanol–water partition coefficient (Wildman–Crippen LogP) is 3.20. The summed E-state index contributed by atoms with van der Waals surface area (Å²) in [4.78, 5) is 18.4. The normalized spacial score (nSPS) is 11.4. The molecule has 5 heteroatoms. The molecule has 1 rings (SSSR count). The minimum Gasteiger partial charge on any atom is -0.447 e. The summed E-state index contributed by atoms with van der Waals surface area (Å²) in [6.07, 6.45) is 1.62. The lowest BCUT2D eigenvalue weighted by Gasteiger charge is -2.29. The monoisotopic (exact) mass is 277 g/mol. The molecule has 1 aromatic rings. The Labute approximate surface area is 120 Å². The van der Waals surface area contributed by atoms with Crippen molar-refractivity contribution in [2.24, 2.45) is 5.41 Å². The zero-order chi connectivity index (χ0) is 15.3. The molecule has 0 atom stereocenters. The second-order valence-electron chi connectivity index (χ2n) is 6.42. The van der Waals surface area contributed by atoms with Crippen LogP contribution < -0.4 is 0 Å². The van der Waals surface area contributed by atoms with Crippen molar-refractivity contribution in [3.05, 3.63) is 17.8 Å². The lowest BCUT2D eigenvalue weighted by Crippen LogP contribution is -2.39. The number of hydrogen-bond acceptors (Lipinski definition) is 4. The van der Waals surface area contributed by atoms with Crippen molar-refractivity contribution < 1.29 is 9.21 Å². The molecule has 1 amide bonds. The molecule has 20 heavy (non-hydrogen) atoms. The third-order valence-corrected chi connectivity index (χ3v) is 2.77. The van der Waals surface area contributed by atoms with Gasteiger partial charge in [-0.1, -0.05) is 34.6 Å². The van der Waals surface area contributed by atoms with Crippen molar-refractivity contribution in [3.63, 3.8) is 0 Å². The fourth-order valence-electron chi connectivity index (χ4n) is 1.99. The molecule has 0 unspecified atom stereocenters. The van der Waals surface area contributed by atoms with E-state index in [4.69, 9.17) is 9.68 Å². The van der Waals surface area contributed by atoms with Crippen LogP contribution in [0.1, 0.15) is 63.2 Å². The Hall–Kier alpha value is -1.83. The van der Waals surface area contributed by atoms with E-state index in [1.807, 2.05) is 13.8 Å². The van der Waals surface area contributed by atoms with Crippen LogP contribution in [0.2, 0.25) is 0 Å². The van der Waals surface area contributed by atoms with E-state index in [2.05, 4.69) is 31.8 Å².